The summed E-state index contributed by atoms with van der Waals surface area (Å²) in [5.74, 6) is 0.668. The number of aromatic nitrogens is 5. The summed E-state index contributed by atoms with van der Waals surface area (Å²) in [6.07, 6.45) is 1.61. The van der Waals surface area contributed by atoms with Crippen molar-refractivity contribution in [1.82, 2.24) is 24.5 Å². The van der Waals surface area contributed by atoms with E-state index < -0.39 is 10.0 Å². The normalized spacial score (nSPS) is 12.3. The predicted octanol–water partition coefficient (Wildman–Crippen LogP) is -0.0180. The van der Waals surface area contributed by atoms with Crippen molar-refractivity contribution in [3.05, 3.63) is 12.3 Å². The van der Waals surface area contributed by atoms with Gasteiger partial charge in [-0.2, -0.15) is 5.10 Å². The third-order valence-electron chi connectivity index (χ3n) is 2.57. The van der Waals surface area contributed by atoms with Gasteiger partial charge in [-0.25, -0.2) is 13.6 Å². The number of nitrogens with zero attached hydrogens (tertiary/aromatic N) is 5. The van der Waals surface area contributed by atoms with Crippen LogP contribution in [0.25, 0.3) is 11.5 Å². The van der Waals surface area contributed by atoms with Gasteiger partial charge in [0.2, 0.25) is 0 Å². The van der Waals surface area contributed by atoms with E-state index in [-0.39, 0.29) is 11.1 Å². The van der Waals surface area contributed by atoms with Crippen molar-refractivity contribution >= 4 is 10.0 Å². The molecule has 9 heteroatoms. The van der Waals surface area contributed by atoms with E-state index in [1.165, 1.54) is 4.57 Å². The largest absolute Gasteiger partial charge is 0.295 e. The zero-order valence-corrected chi connectivity index (χ0v) is 11.8. The van der Waals surface area contributed by atoms with Crippen LogP contribution in [-0.4, -0.2) is 33.0 Å². The average Bonchev–Trinajstić information content (AvgIpc) is 2.82. The molecule has 0 atom stereocenters. The number of primary sulfonamides is 1. The molecule has 2 heterocycles. The highest BCUT2D eigenvalue weighted by Gasteiger charge is 2.23. The van der Waals surface area contributed by atoms with E-state index in [9.17, 15) is 8.42 Å². The maximum absolute atomic E-state index is 11.5. The van der Waals surface area contributed by atoms with Crippen LogP contribution >= 0.6 is 0 Å². The van der Waals surface area contributed by atoms with Crippen LogP contribution in [0.4, 0.5) is 0 Å². The van der Waals surface area contributed by atoms with Gasteiger partial charge in [-0.3, -0.25) is 9.25 Å². The minimum Gasteiger partial charge on any atom is -0.295 e. The van der Waals surface area contributed by atoms with Crippen molar-refractivity contribution in [1.29, 1.82) is 0 Å². The molecule has 0 bridgehead atoms. The minimum atomic E-state index is -3.90. The van der Waals surface area contributed by atoms with Gasteiger partial charge in [-0.1, -0.05) is 13.8 Å². The topological polar surface area (TPSA) is 109 Å². The van der Waals surface area contributed by atoms with E-state index in [1.807, 2.05) is 13.8 Å². The van der Waals surface area contributed by atoms with Gasteiger partial charge in [0.05, 0.1) is 0 Å². The van der Waals surface area contributed by atoms with Crippen molar-refractivity contribution in [2.75, 3.05) is 0 Å². The molecule has 0 spiro atoms. The van der Waals surface area contributed by atoms with Crippen LogP contribution in [0.5, 0.6) is 0 Å². The number of nitrogens with two attached hydrogens (primary N) is 1. The quantitative estimate of drug-likeness (QED) is 0.848. The van der Waals surface area contributed by atoms with Crippen LogP contribution in [-0.2, 0) is 23.6 Å². The van der Waals surface area contributed by atoms with Gasteiger partial charge in [0, 0.05) is 19.8 Å². The molecule has 2 N–H and O–H groups in total. The van der Waals surface area contributed by atoms with Crippen molar-refractivity contribution < 1.29 is 8.42 Å². The van der Waals surface area contributed by atoms with E-state index in [1.54, 1.807) is 24.0 Å². The molecule has 0 aromatic carbocycles. The lowest BCUT2D eigenvalue weighted by Gasteiger charge is -2.11. The van der Waals surface area contributed by atoms with E-state index in [0.29, 0.717) is 18.1 Å². The fourth-order valence-electron chi connectivity index (χ4n) is 1.81. The van der Waals surface area contributed by atoms with Gasteiger partial charge in [-0.05, 0) is 12.0 Å². The first-order valence-corrected chi connectivity index (χ1v) is 7.29. The maximum Gasteiger partial charge on any atom is 0.273 e. The van der Waals surface area contributed by atoms with Crippen LogP contribution in [0.3, 0.4) is 0 Å². The number of hydrogen-bond donors (Lipinski definition) is 1. The summed E-state index contributed by atoms with van der Waals surface area (Å²) in [7, 11) is -2.15. The van der Waals surface area contributed by atoms with Crippen molar-refractivity contribution in [2.24, 2.45) is 18.1 Å². The molecule has 2 aromatic rings. The molecule has 0 aliphatic heterocycles. The van der Waals surface area contributed by atoms with Crippen LogP contribution in [0.2, 0.25) is 0 Å². The number of aryl methyl sites for hydroxylation is 1. The molecule has 8 nitrogen and oxygen atoms in total. The summed E-state index contributed by atoms with van der Waals surface area (Å²) in [6.45, 7) is 4.40. The Bertz CT molecular complexity index is 685. The molecule has 0 saturated heterocycles. The van der Waals surface area contributed by atoms with Gasteiger partial charge < -0.3 is 0 Å². The summed E-state index contributed by atoms with van der Waals surface area (Å²) in [4.78, 5) is 0. The second-order valence-corrected chi connectivity index (χ2v) is 6.15. The third kappa shape index (κ3) is 2.66. The molecule has 2 aromatic heterocycles. The summed E-state index contributed by atoms with van der Waals surface area (Å²) in [5.41, 5.74) is 0.683. The fraction of sp³-hybridized carbons (Fsp3) is 0.500. The minimum absolute atomic E-state index is 0.225. The lowest BCUT2D eigenvalue weighted by Crippen LogP contribution is -2.20. The zero-order valence-electron chi connectivity index (χ0n) is 11.0. The zero-order chi connectivity index (χ0) is 14.2. The Labute approximate surface area is 111 Å². The van der Waals surface area contributed by atoms with E-state index in [2.05, 4.69) is 15.3 Å². The molecule has 0 aliphatic rings. The molecule has 2 rings (SSSR count). The van der Waals surface area contributed by atoms with Crippen LogP contribution in [0.1, 0.15) is 13.8 Å². The molecule has 0 unspecified atom stereocenters. The van der Waals surface area contributed by atoms with Crippen molar-refractivity contribution in [3.8, 4) is 11.5 Å². The number of hydrogen-bond acceptors (Lipinski definition) is 5. The van der Waals surface area contributed by atoms with E-state index in [4.69, 9.17) is 5.14 Å². The number of rotatable bonds is 4. The van der Waals surface area contributed by atoms with E-state index in [0.717, 1.165) is 0 Å². The summed E-state index contributed by atoms with van der Waals surface area (Å²) >= 11 is 0. The van der Waals surface area contributed by atoms with Gasteiger partial charge >= 0.3 is 0 Å². The molecule has 0 radical (unpaired) electrons. The molecule has 0 amide bonds. The highest BCUT2D eigenvalue weighted by molar-refractivity contribution is 7.89. The predicted molar refractivity (Wildman–Crippen MR) is 68.4 cm³/mol. The second-order valence-electron chi connectivity index (χ2n) is 4.70. The molecular formula is C10H16N6O2S. The Balaban J connectivity index is 2.63. The monoisotopic (exact) mass is 284 g/mol. The Morgan fingerprint density at radius 3 is 2.53 bits per heavy atom. The Morgan fingerprint density at radius 1 is 1.37 bits per heavy atom. The highest BCUT2D eigenvalue weighted by Crippen LogP contribution is 2.20. The van der Waals surface area contributed by atoms with Crippen LogP contribution < -0.4 is 5.14 Å². The lowest BCUT2D eigenvalue weighted by atomic mass is 10.2. The van der Waals surface area contributed by atoms with Gasteiger partial charge in [0.15, 0.2) is 5.82 Å². The number of sulfonamides is 1. The van der Waals surface area contributed by atoms with Crippen LogP contribution in [0.15, 0.2) is 17.4 Å². The maximum atomic E-state index is 11.5. The second kappa shape index (κ2) is 4.74. The van der Waals surface area contributed by atoms with Gasteiger partial charge in [0.25, 0.3) is 15.2 Å². The third-order valence-corrected chi connectivity index (χ3v) is 3.38. The Hall–Kier alpha value is -1.74. The highest BCUT2D eigenvalue weighted by atomic mass is 32.2. The lowest BCUT2D eigenvalue weighted by molar-refractivity contribution is 0.485. The van der Waals surface area contributed by atoms with Gasteiger partial charge in [0.1, 0.15) is 5.69 Å². The fourth-order valence-corrected chi connectivity index (χ4v) is 2.43. The molecule has 19 heavy (non-hydrogen) atoms. The van der Waals surface area contributed by atoms with Crippen LogP contribution in [0, 0.1) is 5.92 Å². The smallest absolute Gasteiger partial charge is 0.273 e. The SMILES string of the molecule is CC(C)Cn1c(-c2ccnn2C)nnc1S(N)(=O)=O. The molecule has 0 fully saturated rings. The summed E-state index contributed by atoms with van der Waals surface area (Å²) in [6, 6.07) is 1.74. The Morgan fingerprint density at radius 2 is 2.05 bits per heavy atom. The molecule has 0 saturated carbocycles. The first-order chi connectivity index (χ1) is 8.80. The first kappa shape index (κ1) is 13.7. The molecular weight excluding hydrogens is 268 g/mol. The van der Waals surface area contributed by atoms with Crippen molar-refractivity contribution in [2.45, 2.75) is 25.5 Å². The molecule has 0 aliphatic carbocycles. The Kier molecular flexibility index (Phi) is 3.42. The van der Waals surface area contributed by atoms with Crippen molar-refractivity contribution in [3.63, 3.8) is 0 Å². The molecule has 104 valence electrons. The first-order valence-electron chi connectivity index (χ1n) is 5.75. The average molecular weight is 284 g/mol. The summed E-state index contributed by atoms with van der Waals surface area (Å²) in [5, 5.41) is 16.6. The summed E-state index contributed by atoms with van der Waals surface area (Å²) < 4.78 is 26.2. The van der Waals surface area contributed by atoms with E-state index >= 15 is 0 Å². The van der Waals surface area contributed by atoms with Gasteiger partial charge in [-0.15, -0.1) is 10.2 Å². The standard InChI is InChI=1S/C10H16N6O2S/c1-7(2)6-16-9(8-4-5-12-15(8)3)13-14-10(16)19(11,17)18/h4-5,7H,6H2,1-3H3,(H2,11,17,18).